The van der Waals surface area contributed by atoms with Crippen LogP contribution in [0.3, 0.4) is 0 Å². The fourth-order valence-electron chi connectivity index (χ4n) is 1.42. The van der Waals surface area contributed by atoms with E-state index in [0.29, 0.717) is 11.8 Å². The monoisotopic (exact) mass is 233 g/mol. The Kier molecular flexibility index (Phi) is 3.90. The SMILES string of the molecule is COc1ccnc(NCCCn2ccnc2)n1. The lowest BCUT2D eigenvalue weighted by molar-refractivity contribution is 0.397. The van der Waals surface area contributed by atoms with Crippen molar-refractivity contribution in [1.82, 2.24) is 19.5 Å². The summed E-state index contributed by atoms with van der Waals surface area (Å²) in [5, 5.41) is 3.15. The van der Waals surface area contributed by atoms with E-state index >= 15 is 0 Å². The molecule has 2 rings (SSSR count). The third kappa shape index (κ3) is 3.44. The van der Waals surface area contributed by atoms with Crippen molar-refractivity contribution in [2.75, 3.05) is 19.0 Å². The summed E-state index contributed by atoms with van der Waals surface area (Å²) in [6.07, 6.45) is 8.18. The first-order valence-corrected chi connectivity index (χ1v) is 5.45. The molecular formula is C11H15N5O. The molecule has 0 atom stereocenters. The normalized spacial score (nSPS) is 10.2. The van der Waals surface area contributed by atoms with Crippen LogP contribution in [-0.4, -0.2) is 33.2 Å². The third-order valence-corrected chi connectivity index (χ3v) is 2.27. The number of hydrogen-bond donors (Lipinski definition) is 1. The number of hydrogen-bond acceptors (Lipinski definition) is 5. The molecule has 0 saturated carbocycles. The van der Waals surface area contributed by atoms with Gasteiger partial charge in [-0.25, -0.2) is 9.97 Å². The molecule has 0 bridgehead atoms. The van der Waals surface area contributed by atoms with Gasteiger partial charge in [0.25, 0.3) is 0 Å². The van der Waals surface area contributed by atoms with Gasteiger partial charge in [-0.3, -0.25) is 0 Å². The van der Waals surface area contributed by atoms with Gasteiger partial charge in [0.2, 0.25) is 11.8 Å². The average molecular weight is 233 g/mol. The summed E-state index contributed by atoms with van der Waals surface area (Å²) in [7, 11) is 1.59. The van der Waals surface area contributed by atoms with Gasteiger partial charge in [0, 0.05) is 37.7 Å². The van der Waals surface area contributed by atoms with Crippen LogP contribution in [0.25, 0.3) is 0 Å². The summed E-state index contributed by atoms with van der Waals surface area (Å²) in [5.41, 5.74) is 0. The minimum absolute atomic E-state index is 0.567. The lowest BCUT2D eigenvalue weighted by Crippen LogP contribution is -2.08. The fraction of sp³-hybridized carbons (Fsp3) is 0.364. The quantitative estimate of drug-likeness (QED) is 0.759. The van der Waals surface area contributed by atoms with Gasteiger partial charge in [-0.1, -0.05) is 0 Å². The number of nitrogens with zero attached hydrogens (tertiary/aromatic N) is 4. The maximum atomic E-state index is 5.02. The van der Waals surface area contributed by atoms with Crippen LogP contribution in [0.1, 0.15) is 6.42 Å². The van der Waals surface area contributed by atoms with Crippen molar-refractivity contribution in [2.45, 2.75) is 13.0 Å². The largest absolute Gasteiger partial charge is 0.481 e. The highest BCUT2D eigenvalue weighted by Crippen LogP contribution is 2.06. The minimum Gasteiger partial charge on any atom is -0.481 e. The lowest BCUT2D eigenvalue weighted by Gasteiger charge is -2.06. The number of methoxy groups -OCH3 is 1. The number of nitrogens with one attached hydrogen (secondary N) is 1. The van der Waals surface area contributed by atoms with Crippen LogP contribution in [-0.2, 0) is 6.54 Å². The van der Waals surface area contributed by atoms with Crippen molar-refractivity contribution in [1.29, 1.82) is 0 Å². The van der Waals surface area contributed by atoms with E-state index in [9.17, 15) is 0 Å². The van der Waals surface area contributed by atoms with Crippen LogP contribution in [0.15, 0.2) is 31.0 Å². The van der Waals surface area contributed by atoms with E-state index in [4.69, 9.17) is 4.74 Å². The lowest BCUT2D eigenvalue weighted by atomic mass is 10.4. The smallest absolute Gasteiger partial charge is 0.225 e. The van der Waals surface area contributed by atoms with E-state index in [1.807, 2.05) is 17.1 Å². The van der Waals surface area contributed by atoms with Crippen molar-refractivity contribution in [3.8, 4) is 5.88 Å². The Labute approximate surface area is 99.7 Å². The number of ether oxygens (including phenoxy) is 1. The molecule has 6 heteroatoms. The van der Waals surface area contributed by atoms with Gasteiger partial charge >= 0.3 is 0 Å². The molecule has 2 aromatic heterocycles. The van der Waals surface area contributed by atoms with Crippen molar-refractivity contribution < 1.29 is 4.74 Å². The summed E-state index contributed by atoms with van der Waals surface area (Å²) in [6, 6.07) is 1.72. The summed E-state index contributed by atoms with van der Waals surface area (Å²) in [6.45, 7) is 1.74. The maximum Gasteiger partial charge on any atom is 0.225 e. The molecule has 0 fully saturated rings. The highest BCUT2D eigenvalue weighted by Gasteiger charge is 1.97. The zero-order chi connectivity index (χ0) is 11.9. The second-order valence-electron chi connectivity index (χ2n) is 3.50. The molecule has 1 N–H and O–H groups in total. The van der Waals surface area contributed by atoms with Gasteiger partial charge in [0.1, 0.15) is 0 Å². The van der Waals surface area contributed by atoms with Gasteiger partial charge in [0.05, 0.1) is 13.4 Å². The highest BCUT2D eigenvalue weighted by atomic mass is 16.5. The third-order valence-electron chi connectivity index (χ3n) is 2.27. The zero-order valence-electron chi connectivity index (χ0n) is 9.71. The van der Waals surface area contributed by atoms with Gasteiger partial charge in [-0.05, 0) is 6.42 Å². The first-order valence-electron chi connectivity index (χ1n) is 5.45. The first kappa shape index (κ1) is 11.4. The van der Waals surface area contributed by atoms with Gasteiger partial charge < -0.3 is 14.6 Å². The van der Waals surface area contributed by atoms with Gasteiger partial charge in [-0.2, -0.15) is 4.98 Å². The predicted molar refractivity (Wildman–Crippen MR) is 63.9 cm³/mol. The van der Waals surface area contributed by atoms with Gasteiger partial charge in [-0.15, -0.1) is 0 Å². The first-order chi connectivity index (χ1) is 8.38. The fourth-order valence-corrected chi connectivity index (χ4v) is 1.42. The Balaban J connectivity index is 1.74. The Morgan fingerprint density at radius 3 is 3.12 bits per heavy atom. The van der Waals surface area contributed by atoms with E-state index in [2.05, 4.69) is 20.3 Å². The molecule has 0 aliphatic carbocycles. The molecule has 0 radical (unpaired) electrons. The van der Waals surface area contributed by atoms with E-state index < -0.39 is 0 Å². The van der Waals surface area contributed by atoms with Crippen LogP contribution in [0.5, 0.6) is 5.88 Å². The topological polar surface area (TPSA) is 64.9 Å². The van der Waals surface area contributed by atoms with Crippen molar-refractivity contribution in [2.24, 2.45) is 0 Å². The Hall–Kier alpha value is -2.11. The molecular weight excluding hydrogens is 218 g/mol. The van der Waals surface area contributed by atoms with Crippen molar-refractivity contribution >= 4 is 5.95 Å². The number of rotatable bonds is 6. The number of aryl methyl sites for hydroxylation is 1. The molecule has 2 heterocycles. The van der Waals surface area contributed by atoms with Crippen LogP contribution in [0.2, 0.25) is 0 Å². The molecule has 0 saturated heterocycles. The summed E-state index contributed by atoms with van der Waals surface area (Å²) >= 11 is 0. The second kappa shape index (κ2) is 5.83. The summed E-state index contributed by atoms with van der Waals surface area (Å²) in [4.78, 5) is 12.2. The second-order valence-corrected chi connectivity index (χ2v) is 3.50. The van der Waals surface area contributed by atoms with E-state index in [1.54, 1.807) is 25.6 Å². The molecule has 0 unspecified atom stereocenters. The molecule has 0 spiro atoms. The molecule has 0 amide bonds. The van der Waals surface area contributed by atoms with E-state index in [0.717, 1.165) is 19.5 Å². The molecule has 17 heavy (non-hydrogen) atoms. The molecule has 90 valence electrons. The number of anilines is 1. The van der Waals surface area contributed by atoms with Gasteiger partial charge in [0.15, 0.2) is 0 Å². The molecule has 0 aliphatic heterocycles. The zero-order valence-corrected chi connectivity index (χ0v) is 9.71. The van der Waals surface area contributed by atoms with Crippen LogP contribution in [0.4, 0.5) is 5.95 Å². The standard InChI is InChI=1S/C11H15N5O/c1-17-10-3-5-14-11(15-10)13-4-2-7-16-8-6-12-9-16/h3,5-6,8-9H,2,4,7H2,1H3,(H,13,14,15). The summed E-state index contributed by atoms with van der Waals surface area (Å²) < 4.78 is 7.05. The van der Waals surface area contributed by atoms with Crippen molar-refractivity contribution in [3.63, 3.8) is 0 Å². The average Bonchev–Trinajstić information content (AvgIpc) is 2.88. The Bertz CT molecular complexity index is 443. The molecule has 0 aromatic carbocycles. The maximum absolute atomic E-state index is 5.02. The van der Waals surface area contributed by atoms with Crippen molar-refractivity contribution in [3.05, 3.63) is 31.0 Å². The van der Waals surface area contributed by atoms with E-state index in [-0.39, 0.29) is 0 Å². The van der Waals surface area contributed by atoms with Crippen LogP contribution >= 0.6 is 0 Å². The summed E-state index contributed by atoms with van der Waals surface area (Å²) in [5.74, 6) is 1.16. The van der Waals surface area contributed by atoms with Crippen LogP contribution in [0, 0.1) is 0 Å². The number of aromatic nitrogens is 4. The Morgan fingerprint density at radius 1 is 1.41 bits per heavy atom. The highest BCUT2D eigenvalue weighted by molar-refractivity contribution is 5.26. The molecule has 0 aliphatic rings. The predicted octanol–water partition coefficient (Wildman–Crippen LogP) is 1.18. The Morgan fingerprint density at radius 2 is 2.35 bits per heavy atom. The van der Waals surface area contributed by atoms with E-state index in [1.165, 1.54) is 0 Å². The molecule has 2 aromatic rings. The van der Waals surface area contributed by atoms with Crippen LogP contribution < -0.4 is 10.1 Å². The molecule has 6 nitrogen and oxygen atoms in total. The minimum atomic E-state index is 0.567. The number of imidazole rings is 1.